The lowest BCUT2D eigenvalue weighted by atomic mass is 9.85. The van der Waals surface area contributed by atoms with Gasteiger partial charge in [0.15, 0.2) is 23.2 Å². The van der Waals surface area contributed by atoms with Crippen molar-refractivity contribution in [2.45, 2.75) is 95.2 Å². The van der Waals surface area contributed by atoms with E-state index in [0.29, 0.717) is 64.9 Å². The summed E-state index contributed by atoms with van der Waals surface area (Å²) >= 11 is 0. The Morgan fingerprint density at radius 2 is 1.53 bits per heavy atom. The molecule has 5 aromatic rings. The second kappa shape index (κ2) is 23.0. The molecule has 3 aromatic heterocycles. The minimum absolute atomic E-state index is 0.00905. The highest BCUT2D eigenvalue weighted by Gasteiger charge is 2.49. The van der Waals surface area contributed by atoms with E-state index in [1.165, 1.54) is 51.5 Å². The summed E-state index contributed by atoms with van der Waals surface area (Å²) < 4.78 is 75.3. The van der Waals surface area contributed by atoms with Gasteiger partial charge in [0.2, 0.25) is 6.29 Å². The van der Waals surface area contributed by atoms with Crippen LogP contribution in [0, 0.1) is 0 Å². The van der Waals surface area contributed by atoms with Gasteiger partial charge in [-0.3, -0.25) is 24.1 Å². The van der Waals surface area contributed by atoms with Crippen LogP contribution in [-0.4, -0.2) is 182 Å². The Balaban J connectivity index is 0.788. The molecule has 4 aliphatic heterocycles. The molecule has 0 spiro atoms. The highest BCUT2D eigenvalue weighted by atomic mass is 32.3. The third-order valence-corrected chi connectivity index (χ3v) is 15.2. The quantitative estimate of drug-likeness (QED) is 0.0303. The minimum atomic E-state index is -5.19. The zero-order valence-corrected chi connectivity index (χ0v) is 44.3. The molecule has 5 N–H and O–H groups in total. The maximum Gasteiger partial charge on any atom is 0.501 e. The first kappa shape index (κ1) is 56.5. The fourth-order valence-corrected chi connectivity index (χ4v) is 10.9. The van der Waals surface area contributed by atoms with Crippen LogP contribution in [-0.2, 0) is 97.9 Å². The van der Waals surface area contributed by atoms with E-state index in [-0.39, 0.29) is 94.7 Å². The van der Waals surface area contributed by atoms with Crippen molar-refractivity contribution in [3.05, 3.63) is 104 Å². The molecule has 1 aliphatic carbocycles. The lowest BCUT2D eigenvalue weighted by Gasteiger charge is -2.38. The van der Waals surface area contributed by atoms with E-state index in [1.54, 1.807) is 19.2 Å². The number of hydrogen-bond donors (Lipinski definition) is 5. The van der Waals surface area contributed by atoms with Gasteiger partial charge in [-0.2, -0.15) is 0 Å². The van der Waals surface area contributed by atoms with Crippen molar-refractivity contribution in [1.29, 1.82) is 0 Å². The van der Waals surface area contributed by atoms with Crippen molar-refractivity contribution >= 4 is 51.0 Å². The van der Waals surface area contributed by atoms with Crippen molar-refractivity contribution in [2.75, 3.05) is 53.2 Å². The number of likely N-dealkylation sites (N-methyl/N-ethyl adjacent to an activating group) is 1. The molecule has 28 nitrogen and oxygen atoms in total. The molecule has 1 saturated heterocycles. The van der Waals surface area contributed by atoms with Crippen LogP contribution in [0.2, 0.25) is 0 Å². The molecular formula is C52H55N7O21S. The number of amides is 3. The Labute approximate surface area is 459 Å². The first-order valence-electron chi connectivity index (χ1n) is 25.7. The van der Waals surface area contributed by atoms with E-state index < -0.39 is 93.4 Å². The number of aromatic nitrogens is 5. The van der Waals surface area contributed by atoms with Crippen molar-refractivity contribution in [2.24, 2.45) is 0 Å². The number of fused-ring (bicyclic) bond motifs is 5. The monoisotopic (exact) mass is 1150 g/mol. The maximum absolute atomic E-state index is 14.1. The SMILES string of the molecule is CC[C@@]1(O)C(=O)OCc2c1cc1n(c2=O)Cc2c-1nc1ccc(OS(=O)(=O)Oc3cc(C(=O)N(C)CCOCCOCCOCCn4cc(CN5C(=O)C=CC5=O)nn4)ccc3OC3O[C@H](C(=O)O)[C@@H](O)[C@H](O)[C@H]3O)c3c1c2CCC3. The van der Waals surface area contributed by atoms with Crippen LogP contribution < -0.4 is 18.7 Å². The zero-order valence-electron chi connectivity index (χ0n) is 43.5. The Hall–Kier alpha value is -7.74. The van der Waals surface area contributed by atoms with Crippen molar-refractivity contribution in [3.63, 3.8) is 0 Å². The molecule has 1 unspecified atom stereocenters. The van der Waals surface area contributed by atoms with Gasteiger partial charge in [-0.05, 0) is 67.6 Å². The standard InChI is InChI=1S/C52H55N7O21S/c1-3-52(70)33-22-35-42-31(25-58(35)48(66)32(33)26-76-51(52)69)29-5-4-6-30-36(10-8-34(53-42)41(29)30)79-81(71,72)80-38-21-27(7-9-37(38)77-50-45(64)43(62)44(63)46(78-50)49(67)68)47(65)56(2)13-15-73-17-19-75-20-18-74-16-14-57-23-28(54-55-57)24-59-39(60)11-12-40(59)61/h7-12,21-23,43-46,50,62-64,70H,3-6,13-20,24-26H2,1-2H3,(H,67,68)/t43-,44-,45+,46-,50?,52-/m0/s1. The fourth-order valence-electron chi connectivity index (χ4n) is 10.2. The summed E-state index contributed by atoms with van der Waals surface area (Å²) in [6.45, 7) is 3.04. The molecule has 7 heterocycles. The first-order chi connectivity index (χ1) is 38.8. The molecule has 430 valence electrons. The number of cyclic esters (lactones) is 1. The second-order valence-electron chi connectivity index (χ2n) is 19.5. The number of esters is 1. The first-order valence-corrected chi connectivity index (χ1v) is 27.0. The summed E-state index contributed by atoms with van der Waals surface area (Å²) in [5.74, 6) is -5.39. The minimum Gasteiger partial charge on any atom is -0.479 e. The number of ether oxygens (including phenoxy) is 6. The number of carbonyl (C=O) groups excluding carboxylic acids is 4. The Morgan fingerprint density at radius 3 is 2.26 bits per heavy atom. The smallest absolute Gasteiger partial charge is 0.479 e. The average Bonchev–Trinajstić information content (AvgIpc) is 2.69. The number of rotatable bonds is 23. The molecule has 5 aliphatic rings. The summed E-state index contributed by atoms with van der Waals surface area (Å²) in [4.78, 5) is 83.2. The van der Waals surface area contributed by atoms with Crippen LogP contribution in [0.5, 0.6) is 17.2 Å². The highest BCUT2D eigenvalue weighted by Crippen LogP contribution is 2.45. The largest absolute Gasteiger partial charge is 0.501 e. The number of pyridine rings is 2. The summed E-state index contributed by atoms with van der Waals surface area (Å²) in [6.07, 6.45) is -4.97. The summed E-state index contributed by atoms with van der Waals surface area (Å²) in [6, 6.07) is 7.82. The molecule has 3 amide bonds. The maximum atomic E-state index is 14.1. The number of hydrogen-bond acceptors (Lipinski definition) is 23. The van der Waals surface area contributed by atoms with E-state index in [4.69, 9.17) is 41.8 Å². The number of imide groups is 1. The fraction of sp³-hybridized carbons (Fsp3) is 0.442. The second-order valence-corrected chi connectivity index (χ2v) is 20.7. The molecular weight excluding hydrogens is 1090 g/mol. The van der Waals surface area contributed by atoms with E-state index in [9.17, 15) is 62.7 Å². The molecule has 81 heavy (non-hydrogen) atoms. The lowest BCUT2D eigenvalue weighted by Crippen LogP contribution is -2.61. The van der Waals surface area contributed by atoms with Crippen LogP contribution in [0.4, 0.5) is 0 Å². The molecule has 1 fully saturated rings. The predicted molar refractivity (Wildman–Crippen MR) is 272 cm³/mol. The number of aliphatic hydroxyl groups is 4. The number of aliphatic carboxylic acids is 1. The van der Waals surface area contributed by atoms with Gasteiger partial charge in [-0.15, -0.1) is 13.5 Å². The predicted octanol–water partition coefficient (Wildman–Crippen LogP) is -0.620. The number of carboxylic acid groups (broad SMARTS) is 1. The van der Waals surface area contributed by atoms with Crippen molar-refractivity contribution in [1.82, 2.24) is 34.3 Å². The lowest BCUT2D eigenvalue weighted by molar-refractivity contribution is -0.271. The Kier molecular flexibility index (Phi) is 16.1. The van der Waals surface area contributed by atoms with Gasteiger partial charge in [0.1, 0.15) is 36.4 Å². The van der Waals surface area contributed by atoms with E-state index in [0.717, 1.165) is 22.6 Å². The number of carbonyl (C=O) groups is 5. The molecule has 0 radical (unpaired) electrons. The van der Waals surface area contributed by atoms with Crippen LogP contribution in [0.25, 0.3) is 22.3 Å². The van der Waals surface area contributed by atoms with Gasteiger partial charge in [0.25, 0.3) is 23.3 Å². The number of aryl methyl sites for hydroxylation is 2. The van der Waals surface area contributed by atoms with E-state index >= 15 is 0 Å². The molecule has 0 saturated carbocycles. The van der Waals surface area contributed by atoms with Gasteiger partial charge in [-0.25, -0.2) is 19.3 Å². The average molecular weight is 1150 g/mol. The van der Waals surface area contributed by atoms with E-state index in [2.05, 4.69) is 10.3 Å². The van der Waals surface area contributed by atoms with Crippen LogP contribution in [0.3, 0.4) is 0 Å². The zero-order chi connectivity index (χ0) is 57.5. The number of benzene rings is 2. The summed E-state index contributed by atoms with van der Waals surface area (Å²) in [5.41, 5.74) is 1.37. The molecule has 2 aromatic carbocycles. The number of aliphatic hydroxyl groups excluding tert-OH is 3. The number of carboxylic acids is 1. The topological polar surface area (TPSA) is 367 Å². The normalized spacial score (nSPS) is 21.9. The van der Waals surface area contributed by atoms with Gasteiger partial charge in [0.05, 0.1) is 87.9 Å². The van der Waals surface area contributed by atoms with Gasteiger partial charge in [-0.1, -0.05) is 12.1 Å². The van der Waals surface area contributed by atoms with Crippen LogP contribution >= 0.6 is 0 Å². The highest BCUT2D eigenvalue weighted by molar-refractivity contribution is 7.82. The van der Waals surface area contributed by atoms with Gasteiger partial charge >= 0.3 is 22.3 Å². The Bertz CT molecular complexity index is 3530. The third kappa shape index (κ3) is 11.2. The van der Waals surface area contributed by atoms with Gasteiger partial charge < -0.3 is 71.8 Å². The number of nitrogens with zero attached hydrogens (tertiary/aromatic N) is 7. The molecule has 0 bridgehead atoms. The van der Waals surface area contributed by atoms with Crippen LogP contribution in [0.1, 0.15) is 63.6 Å². The van der Waals surface area contributed by atoms with Crippen LogP contribution in [0.15, 0.2) is 59.5 Å². The molecule has 10 rings (SSSR count). The van der Waals surface area contributed by atoms with E-state index in [1.807, 2.05) is 0 Å². The molecule has 29 heteroatoms. The molecule has 6 atom stereocenters. The Morgan fingerprint density at radius 1 is 0.840 bits per heavy atom. The van der Waals surface area contributed by atoms with Gasteiger partial charge in [0, 0.05) is 53.4 Å². The van der Waals surface area contributed by atoms with Crippen molar-refractivity contribution in [3.8, 4) is 28.6 Å². The van der Waals surface area contributed by atoms with Crippen molar-refractivity contribution < 1.29 is 94.7 Å². The summed E-state index contributed by atoms with van der Waals surface area (Å²) in [7, 11) is -3.73. The summed E-state index contributed by atoms with van der Waals surface area (Å²) in [5, 5.41) is 61.1. The third-order valence-electron chi connectivity index (χ3n) is 14.5.